The average molecular weight is 355 g/mol. The Labute approximate surface area is 150 Å². The van der Waals surface area contributed by atoms with Crippen molar-refractivity contribution in [3.05, 3.63) is 80.6 Å². The molecule has 0 radical (unpaired) electrons. The molecule has 1 heterocycles. The molecule has 1 aromatic heterocycles. The predicted octanol–water partition coefficient (Wildman–Crippen LogP) is 3.39. The maximum atomic E-state index is 12.1. The van der Waals surface area contributed by atoms with Gasteiger partial charge >= 0.3 is 0 Å². The molecule has 0 saturated heterocycles. The number of aromatic amines is 1. The smallest absolute Gasteiger partial charge is 0.251 e. The van der Waals surface area contributed by atoms with Gasteiger partial charge in [-0.2, -0.15) is 0 Å². The van der Waals surface area contributed by atoms with Gasteiger partial charge in [0.05, 0.1) is 6.42 Å². The number of nitrogens with one attached hydrogen (secondary N) is 2. The van der Waals surface area contributed by atoms with E-state index in [1.807, 2.05) is 48.5 Å². The van der Waals surface area contributed by atoms with Crippen molar-refractivity contribution < 1.29 is 4.79 Å². The van der Waals surface area contributed by atoms with E-state index < -0.39 is 0 Å². The van der Waals surface area contributed by atoms with Gasteiger partial charge in [0.15, 0.2) is 0 Å². The first-order chi connectivity index (χ1) is 12.0. The molecule has 0 aliphatic rings. The molecular weight excluding hydrogens is 336 g/mol. The standard InChI is InChI=1S/C20H19ClN2O2/c1-13-10-16-11-15(4-7-18(16)23-20(13)25)12-19(24)22-9-8-14-2-5-17(21)6-3-14/h2-7,10-11H,8-9,12H2,1H3,(H,22,24)(H,23,25). The summed E-state index contributed by atoms with van der Waals surface area (Å²) < 4.78 is 0. The molecule has 0 aliphatic heterocycles. The lowest BCUT2D eigenvalue weighted by atomic mass is 10.1. The Hall–Kier alpha value is -2.59. The summed E-state index contributed by atoms with van der Waals surface area (Å²) in [4.78, 5) is 26.6. The summed E-state index contributed by atoms with van der Waals surface area (Å²) in [6.07, 6.45) is 1.08. The highest BCUT2D eigenvalue weighted by Gasteiger charge is 2.05. The van der Waals surface area contributed by atoms with E-state index in [1.54, 1.807) is 6.92 Å². The van der Waals surface area contributed by atoms with Gasteiger partial charge in [0, 0.05) is 22.6 Å². The second kappa shape index (κ2) is 7.53. The van der Waals surface area contributed by atoms with Gasteiger partial charge in [-0.05, 0) is 60.2 Å². The van der Waals surface area contributed by atoms with Crippen LogP contribution in [0.4, 0.5) is 0 Å². The minimum Gasteiger partial charge on any atom is -0.355 e. The molecule has 0 aliphatic carbocycles. The van der Waals surface area contributed by atoms with Crippen molar-refractivity contribution in [1.29, 1.82) is 0 Å². The van der Waals surface area contributed by atoms with Gasteiger partial charge in [0.1, 0.15) is 0 Å². The molecule has 5 heteroatoms. The predicted molar refractivity (Wildman–Crippen MR) is 101 cm³/mol. The fourth-order valence-corrected chi connectivity index (χ4v) is 2.85. The van der Waals surface area contributed by atoms with Crippen LogP contribution in [-0.2, 0) is 17.6 Å². The lowest BCUT2D eigenvalue weighted by Crippen LogP contribution is -2.27. The van der Waals surface area contributed by atoms with Crippen LogP contribution in [0.5, 0.6) is 0 Å². The maximum Gasteiger partial charge on any atom is 0.251 e. The number of pyridine rings is 1. The van der Waals surface area contributed by atoms with E-state index in [4.69, 9.17) is 11.6 Å². The third-order valence-corrected chi connectivity index (χ3v) is 4.36. The molecule has 0 unspecified atom stereocenters. The molecule has 0 atom stereocenters. The van der Waals surface area contributed by atoms with Crippen molar-refractivity contribution in [2.45, 2.75) is 19.8 Å². The third-order valence-electron chi connectivity index (χ3n) is 4.11. The number of hydrogen-bond acceptors (Lipinski definition) is 2. The number of hydrogen-bond donors (Lipinski definition) is 2. The zero-order valence-corrected chi connectivity index (χ0v) is 14.7. The van der Waals surface area contributed by atoms with Crippen molar-refractivity contribution in [2.24, 2.45) is 0 Å². The van der Waals surface area contributed by atoms with Crippen LogP contribution < -0.4 is 10.9 Å². The molecule has 3 aromatic rings. The first-order valence-corrected chi connectivity index (χ1v) is 8.53. The van der Waals surface area contributed by atoms with Crippen LogP contribution in [0.2, 0.25) is 5.02 Å². The van der Waals surface area contributed by atoms with E-state index >= 15 is 0 Å². The molecule has 0 spiro atoms. The Kier molecular flexibility index (Phi) is 5.19. The molecule has 2 N–H and O–H groups in total. The summed E-state index contributed by atoms with van der Waals surface area (Å²) in [5, 5.41) is 4.58. The van der Waals surface area contributed by atoms with Crippen molar-refractivity contribution in [2.75, 3.05) is 6.54 Å². The number of H-pyrrole nitrogens is 1. The fourth-order valence-electron chi connectivity index (χ4n) is 2.72. The average Bonchev–Trinajstić information content (AvgIpc) is 2.58. The first kappa shape index (κ1) is 17.2. The minimum atomic E-state index is -0.0832. The summed E-state index contributed by atoms with van der Waals surface area (Å²) in [5.41, 5.74) is 3.41. The van der Waals surface area contributed by atoms with Crippen molar-refractivity contribution in [1.82, 2.24) is 10.3 Å². The number of rotatable bonds is 5. The van der Waals surface area contributed by atoms with Gasteiger partial charge in [0.2, 0.25) is 5.91 Å². The largest absolute Gasteiger partial charge is 0.355 e. The molecule has 0 bridgehead atoms. The van der Waals surface area contributed by atoms with E-state index in [2.05, 4.69) is 10.3 Å². The normalized spacial score (nSPS) is 10.8. The lowest BCUT2D eigenvalue weighted by molar-refractivity contribution is -0.120. The Bertz CT molecular complexity index is 962. The van der Waals surface area contributed by atoms with Gasteiger partial charge in [-0.1, -0.05) is 29.8 Å². The third kappa shape index (κ3) is 4.48. The minimum absolute atomic E-state index is 0.0190. The summed E-state index contributed by atoms with van der Waals surface area (Å²) in [5.74, 6) is -0.0190. The van der Waals surface area contributed by atoms with Gasteiger partial charge in [-0.15, -0.1) is 0 Å². The fraction of sp³-hybridized carbons (Fsp3) is 0.200. The summed E-state index contributed by atoms with van der Waals surface area (Å²) >= 11 is 5.86. The van der Waals surface area contributed by atoms with Crippen LogP contribution in [-0.4, -0.2) is 17.4 Å². The van der Waals surface area contributed by atoms with E-state index in [0.29, 0.717) is 23.6 Å². The Morgan fingerprint density at radius 1 is 1.08 bits per heavy atom. The summed E-state index contributed by atoms with van der Waals surface area (Å²) in [6.45, 7) is 2.36. The molecule has 4 nitrogen and oxygen atoms in total. The van der Waals surface area contributed by atoms with Crippen LogP contribution in [0.1, 0.15) is 16.7 Å². The molecule has 25 heavy (non-hydrogen) atoms. The van der Waals surface area contributed by atoms with Crippen molar-refractivity contribution in [3.63, 3.8) is 0 Å². The summed E-state index contributed by atoms with van der Waals surface area (Å²) in [6, 6.07) is 15.1. The molecule has 2 aromatic carbocycles. The van der Waals surface area contributed by atoms with Crippen LogP contribution in [0.25, 0.3) is 10.9 Å². The van der Waals surface area contributed by atoms with E-state index in [-0.39, 0.29) is 11.5 Å². The highest BCUT2D eigenvalue weighted by Crippen LogP contribution is 2.14. The van der Waals surface area contributed by atoms with Gasteiger partial charge in [0.25, 0.3) is 5.56 Å². The lowest BCUT2D eigenvalue weighted by Gasteiger charge is -2.07. The number of fused-ring (bicyclic) bond motifs is 1. The molecule has 0 saturated carbocycles. The highest BCUT2D eigenvalue weighted by molar-refractivity contribution is 6.30. The molecule has 1 amide bonds. The molecule has 128 valence electrons. The van der Waals surface area contributed by atoms with Crippen LogP contribution >= 0.6 is 11.6 Å². The van der Waals surface area contributed by atoms with E-state index in [0.717, 1.165) is 28.5 Å². The molecule has 0 fully saturated rings. The van der Waals surface area contributed by atoms with E-state index in [9.17, 15) is 9.59 Å². The highest BCUT2D eigenvalue weighted by atomic mass is 35.5. The monoisotopic (exact) mass is 354 g/mol. The van der Waals surface area contributed by atoms with Crippen molar-refractivity contribution >= 4 is 28.4 Å². The zero-order valence-electron chi connectivity index (χ0n) is 13.9. The summed E-state index contributed by atoms with van der Waals surface area (Å²) in [7, 11) is 0. The van der Waals surface area contributed by atoms with Gasteiger partial charge < -0.3 is 10.3 Å². The topological polar surface area (TPSA) is 62.0 Å². The quantitative estimate of drug-likeness (QED) is 0.737. The SMILES string of the molecule is Cc1cc2cc(CC(=O)NCCc3ccc(Cl)cc3)ccc2[nH]c1=O. The zero-order chi connectivity index (χ0) is 17.8. The number of aryl methyl sites for hydroxylation is 1. The van der Waals surface area contributed by atoms with Crippen LogP contribution in [0.3, 0.4) is 0 Å². The van der Waals surface area contributed by atoms with Crippen molar-refractivity contribution in [3.8, 4) is 0 Å². The van der Waals surface area contributed by atoms with Gasteiger partial charge in [-0.3, -0.25) is 9.59 Å². The van der Waals surface area contributed by atoms with Crippen LogP contribution in [0, 0.1) is 6.92 Å². The van der Waals surface area contributed by atoms with Gasteiger partial charge in [-0.25, -0.2) is 0 Å². The second-order valence-electron chi connectivity index (χ2n) is 6.11. The Balaban J connectivity index is 1.58. The number of carbonyl (C=O) groups is 1. The van der Waals surface area contributed by atoms with Crippen LogP contribution in [0.15, 0.2) is 53.3 Å². The Morgan fingerprint density at radius 3 is 2.56 bits per heavy atom. The van der Waals surface area contributed by atoms with E-state index in [1.165, 1.54) is 0 Å². The second-order valence-corrected chi connectivity index (χ2v) is 6.54. The number of halogens is 1. The number of benzene rings is 2. The molecule has 3 rings (SSSR count). The number of aromatic nitrogens is 1. The Morgan fingerprint density at radius 2 is 1.80 bits per heavy atom. The number of amides is 1. The number of carbonyl (C=O) groups excluding carboxylic acids is 1. The molecular formula is C20H19ClN2O2. The first-order valence-electron chi connectivity index (χ1n) is 8.15. The maximum absolute atomic E-state index is 12.1.